The number of carbonyl (C=O) groups excluding carboxylic acids is 3. The van der Waals surface area contributed by atoms with Crippen LogP contribution in [0, 0.1) is 20.8 Å². The highest BCUT2D eigenvalue weighted by atomic mass is 32.2. The Hall–Kier alpha value is -3.34. The van der Waals surface area contributed by atoms with E-state index < -0.39 is 44.9 Å². The molecule has 8 nitrogen and oxygen atoms in total. The van der Waals surface area contributed by atoms with Crippen molar-refractivity contribution >= 4 is 33.3 Å². The van der Waals surface area contributed by atoms with E-state index >= 15 is 0 Å². The number of ether oxygens (including phenoxy) is 1. The van der Waals surface area contributed by atoms with E-state index in [0.29, 0.717) is 5.69 Å². The number of esters is 1. The zero-order chi connectivity index (χ0) is 24.1. The second-order valence-corrected chi connectivity index (χ2v) is 8.92. The van der Waals surface area contributed by atoms with E-state index in [0.717, 1.165) is 41.0 Å². The lowest BCUT2D eigenvalue weighted by molar-refractivity contribution is -0.126. The van der Waals surface area contributed by atoms with Gasteiger partial charge in [0, 0.05) is 5.69 Å². The summed E-state index contributed by atoms with van der Waals surface area (Å²) < 4.78 is 52.6. The second-order valence-electron chi connectivity index (χ2n) is 7.00. The molecule has 0 saturated heterocycles. The molecule has 0 aliphatic heterocycles. The van der Waals surface area contributed by atoms with Crippen molar-refractivity contribution in [3.05, 3.63) is 58.7 Å². The van der Waals surface area contributed by atoms with E-state index in [9.17, 15) is 31.6 Å². The minimum absolute atomic E-state index is 0.130. The van der Waals surface area contributed by atoms with Crippen molar-refractivity contribution in [3.63, 3.8) is 0 Å². The molecular weight excluding hydrogens is 446 g/mol. The van der Waals surface area contributed by atoms with Gasteiger partial charge in [-0.25, -0.2) is 13.2 Å². The zero-order valence-corrected chi connectivity index (χ0v) is 18.4. The van der Waals surface area contributed by atoms with Crippen LogP contribution in [0.5, 0.6) is 0 Å². The van der Waals surface area contributed by atoms with Crippen LogP contribution in [0.2, 0.25) is 0 Å². The number of alkyl halides is 2. The first-order valence-corrected chi connectivity index (χ1v) is 10.9. The quantitative estimate of drug-likeness (QED) is 0.575. The number of carbonyl (C=O) groups is 3. The number of sulfone groups is 1. The van der Waals surface area contributed by atoms with Crippen molar-refractivity contribution in [2.45, 2.75) is 31.4 Å². The molecule has 0 heterocycles. The first kappa shape index (κ1) is 24.9. The van der Waals surface area contributed by atoms with Gasteiger partial charge in [0.15, 0.2) is 6.61 Å². The van der Waals surface area contributed by atoms with Crippen LogP contribution >= 0.6 is 0 Å². The largest absolute Gasteiger partial charge is 0.452 e. The van der Waals surface area contributed by atoms with Gasteiger partial charge >= 0.3 is 11.7 Å². The number of hydrogen-bond donors (Lipinski definition) is 2. The Labute approximate surface area is 183 Å². The van der Waals surface area contributed by atoms with Gasteiger partial charge in [-0.1, -0.05) is 17.7 Å². The molecule has 11 heteroatoms. The summed E-state index contributed by atoms with van der Waals surface area (Å²) >= 11 is 0. The molecule has 0 aromatic heterocycles. The number of nitrogens with one attached hydrogen (secondary N) is 2. The van der Waals surface area contributed by atoms with Crippen LogP contribution < -0.4 is 10.6 Å². The molecule has 0 unspecified atom stereocenters. The van der Waals surface area contributed by atoms with Crippen LogP contribution in [0.1, 0.15) is 27.0 Å². The molecule has 2 rings (SSSR count). The fourth-order valence-corrected chi connectivity index (χ4v) is 3.61. The van der Waals surface area contributed by atoms with E-state index in [1.54, 1.807) is 0 Å². The van der Waals surface area contributed by atoms with Gasteiger partial charge in [-0.2, -0.15) is 8.78 Å². The first-order valence-electron chi connectivity index (χ1n) is 9.35. The van der Waals surface area contributed by atoms with Crippen molar-refractivity contribution in [2.24, 2.45) is 0 Å². The number of anilines is 1. The topological polar surface area (TPSA) is 119 Å². The third kappa shape index (κ3) is 6.33. The smallest absolute Gasteiger partial charge is 0.341 e. The molecule has 0 radical (unpaired) electrons. The van der Waals surface area contributed by atoms with Gasteiger partial charge in [0.25, 0.3) is 5.91 Å². The van der Waals surface area contributed by atoms with Crippen LogP contribution in [0.4, 0.5) is 14.5 Å². The van der Waals surface area contributed by atoms with Crippen molar-refractivity contribution in [1.29, 1.82) is 0 Å². The van der Waals surface area contributed by atoms with Gasteiger partial charge < -0.3 is 15.4 Å². The Balaban J connectivity index is 1.84. The standard InChI is InChI=1S/C21H22F2N2O6S/c1-12-8-13(2)19(14(3)9-12)25-17(26)10-24-18(27)11-31-20(28)15-4-6-16(7-5-15)32(29,30)21(22)23/h4-9,21H,10-11H2,1-3H3,(H,24,27)(H,25,26). The SMILES string of the molecule is Cc1cc(C)c(NC(=O)CNC(=O)COC(=O)c2ccc(S(=O)(=O)C(F)F)cc2)c(C)c1. The highest BCUT2D eigenvalue weighted by Gasteiger charge is 2.26. The average Bonchev–Trinajstić information content (AvgIpc) is 2.73. The molecule has 0 aliphatic rings. The minimum atomic E-state index is -4.78. The molecule has 172 valence electrons. The molecular formula is C21H22F2N2O6S. The van der Waals surface area contributed by atoms with Crippen LogP contribution in [-0.4, -0.2) is 45.1 Å². The Morgan fingerprint density at radius 3 is 2.06 bits per heavy atom. The van der Waals surface area contributed by atoms with Crippen molar-refractivity contribution in [1.82, 2.24) is 5.32 Å². The molecule has 32 heavy (non-hydrogen) atoms. The van der Waals surface area contributed by atoms with Crippen molar-refractivity contribution in [2.75, 3.05) is 18.5 Å². The lowest BCUT2D eigenvalue weighted by Gasteiger charge is -2.13. The number of amides is 2. The lowest BCUT2D eigenvalue weighted by atomic mass is 10.1. The second kappa shape index (κ2) is 10.3. The van der Waals surface area contributed by atoms with E-state index in [2.05, 4.69) is 10.6 Å². The molecule has 0 saturated carbocycles. The lowest BCUT2D eigenvalue weighted by Crippen LogP contribution is -2.35. The van der Waals surface area contributed by atoms with E-state index in [1.165, 1.54) is 0 Å². The minimum Gasteiger partial charge on any atom is -0.452 e. The summed E-state index contributed by atoms with van der Waals surface area (Å²) in [5.74, 6) is -5.74. The van der Waals surface area contributed by atoms with Crippen molar-refractivity contribution < 1.29 is 36.3 Å². The maximum Gasteiger partial charge on any atom is 0.341 e. The van der Waals surface area contributed by atoms with Crippen molar-refractivity contribution in [3.8, 4) is 0 Å². The average molecular weight is 468 g/mol. The van der Waals surface area contributed by atoms with Crippen LogP contribution in [0.3, 0.4) is 0 Å². The molecule has 2 amide bonds. The maximum atomic E-state index is 12.5. The summed E-state index contributed by atoms with van der Waals surface area (Å²) in [6.07, 6.45) is 0. The third-order valence-corrected chi connectivity index (χ3v) is 5.77. The third-order valence-electron chi connectivity index (χ3n) is 4.38. The summed E-state index contributed by atoms with van der Waals surface area (Å²) in [7, 11) is -4.78. The fourth-order valence-electron chi connectivity index (χ4n) is 2.89. The normalized spacial score (nSPS) is 11.2. The molecule has 0 atom stereocenters. The van der Waals surface area contributed by atoms with Gasteiger partial charge in [-0.3, -0.25) is 9.59 Å². The maximum absolute atomic E-state index is 12.5. The fraction of sp³-hybridized carbons (Fsp3) is 0.286. The van der Waals surface area contributed by atoms with Gasteiger partial charge in [0.1, 0.15) is 0 Å². The highest BCUT2D eigenvalue weighted by Crippen LogP contribution is 2.22. The summed E-state index contributed by atoms with van der Waals surface area (Å²) in [5, 5.41) is 5.02. The molecule has 0 fully saturated rings. The predicted octanol–water partition coefficient (Wildman–Crippen LogP) is 2.52. The van der Waals surface area contributed by atoms with Gasteiger partial charge in [0.2, 0.25) is 15.7 Å². The Kier molecular flexibility index (Phi) is 8.03. The monoisotopic (exact) mass is 468 g/mol. The van der Waals surface area contributed by atoms with Crippen LogP contribution in [-0.2, 0) is 24.2 Å². The van der Waals surface area contributed by atoms with Crippen LogP contribution in [0.25, 0.3) is 0 Å². The zero-order valence-electron chi connectivity index (χ0n) is 17.6. The predicted molar refractivity (Wildman–Crippen MR) is 112 cm³/mol. The Morgan fingerprint density at radius 1 is 0.969 bits per heavy atom. The Bertz CT molecular complexity index is 1110. The summed E-state index contributed by atoms with van der Waals surface area (Å²) in [6, 6.07) is 7.51. The number of halogens is 2. The van der Waals surface area contributed by atoms with E-state index in [-0.39, 0.29) is 12.1 Å². The molecule has 2 aromatic rings. The molecule has 2 aromatic carbocycles. The number of aryl methyl sites for hydroxylation is 3. The first-order chi connectivity index (χ1) is 14.9. The number of rotatable bonds is 8. The van der Waals surface area contributed by atoms with Crippen LogP contribution in [0.15, 0.2) is 41.3 Å². The molecule has 0 aliphatic carbocycles. The molecule has 0 spiro atoms. The van der Waals surface area contributed by atoms with E-state index in [4.69, 9.17) is 4.74 Å². The van der Waals surface area contributed by atoms with Gasteiger partial charge in [0.05, 0.1) is 17.0 Å². The van der Waals surface area contributed by atoms with E-state index in [1.807, 2.05) is 32.9 Å². The van der Waals surface area contributed by atoms with Gasteiger partial charge in [-0.05, 0) is 56.2 Å². The Morgan fingerprint density at radius 2 is 1.53 bits per heavy atom. The summed E-state index contributed by atoms with van der Waals surface area (Å²) in [6.45, 7) is 4.61. The summed E-state index contributed by atoms with van der Waals surface area (Å²) in [5.41, 5.74) is 3.33. The molecule has 0 bridgehead atoms. The highest BCUT2D eigenvalue weighted by molar-refractivity contribution is 7.91. The number of benzene rings is 2. The number of hydrogen-bond acceptors (Lipinski definition) is 6. The van der Waals surface area contributed by atoms with Gasteiger partial charge in [-0.15, -0.1) is 0 Å². The summed E-state index contributed by atoms with van der Waals surface area (Å²) in [4.78, 5) is 35.2. The molecule has 2 N–H and O–H groups in total.